The van der Waals surface area contributed by atoms with Gasteiger partial charge in [-0.15, -0.1) is 0 Å². The number of rotatable bonds is 4. The fourth-order valence-electron chi connectivity index (χ4n) is 6.86. The molecule has 2 heteroatoms. The molecule has 1 saturated heterocycles. The summed E-state index contributed by atoms with van der Waals surface area (Å²) >= 11 is 0. The van der Waals surface area contributed by atoms with E-state index >= 15 is 0 Å². The zero-order valence-electron chi connectivity index (χ0n) is 13.4. The average molecular weight is 276 g/mol. The van der Waals surface area contributed by atoms with E-state index in [-0.39, 0.29) is 0 Å². The molecular weight excluding hydrogens is 244 g/mol. The third kappa shape index (κ3) is 2.06. The number of nitrogens with one attached hydrogen (secondary N) is 1. The molecule has 114 valence electrons. The van der Waals surface area contributed by atoms with Crippen molar-refractivity contribution in [1.82, 2.24) is 10.2 Å². The molecule has 0 amide bonds. The third-order valence-corrected chi connectivity index (χ3v) is 7.33. The monoisotopic (exact) mass is 276 g/mol. The van der Waals surface area contributed by atoms with Gasteiger partial charge >= 0.3 is 0 Å². The molecule has 0 radical (unpaired) electrons. The first-order valence-electron chi connectivity index (χ1n) is 9.10. The topological polar surface area (TPSA) is 15.3 Å². The van der Waals surface area contributed by atoms with Gasteiger partial charge in [-0.05, 0) is 95.1 Å². The third-order valence-electron chi connectivity index (χ3n) is 7.33. The quantitative estimate of drug-likeness (QED) is 0.848. The summed E-state index contributed by atoms with van der Waals surface area (Å²) in [6, 6.07) is 1.64. The minimum Gasteiger partial charge on any atom is -0.318 e. The molecule has 0 aromatic rings. The summed E-state index contributed by atoms with van der Waals surface area (Å²) in [6.45, 7) is 5.13. The predicted octanol–water partition coefficient (Wildman–Crippen LogP) is 3.28. The van der Waals surface area contributed by atoms with Crippen LogP contribution in [0.5, 0.6) is 0 Å². The average Bonchev–Trinajstić information content (AvgIpc) is 2.85. The first-order chi connectivity index (χ1) is 9.70. The van der Waals surface area contributed by atoms with Gasteiger partial charge in [-0.2, -0.15) is 0 Å². The zero-order valence-corrected chi connectivity index (χ0v) is 13.4. The summed E-state index contributed by atoms with van der Waals surface area (Å²) in [5.41, 5.74) is 0.699. The maximum absolute atomic E-state index is 3.43. The van der Waals surface area contributed by atoms with E-state index < -0.39 is 0 Å². The van der Waals surface area contributed by atoms with Crippen molar-refractivity contribution in [3.8, 4) is 0 Å². The second kappa shape index (κ2) is 4.98. The minimum absolute atomic E-state index is 0.699. The van der Waals surface area contributed by atoms with Crippen LogP contribution in [0.25, 0.3) is 0 Å². The zero-order chi connectivity index (χ0) is 13.7. The molecular formula is C18H32N2. The fourth-order valence-corrected chi connectivity index (χ4v) is 6.86. The van der Waals surface area contributed by atoms with Crippen LogP contribution in [0.2, 0.25) is 0 Å². The van der Waals surface area contributed by atoms with Gasteiger partial charge in [0, 0.05) is 18.6 Å². The first kappa shape index (κ1) is 13.6. The van der Waals surface area contributed by atoms with E-state index in [9.17, 15) is 0 Å². The molecule has 5 aliphatic rings. The number of likely N-dealkylation sites (N-methyl/N-ethyl adjacent to an activating group) is 1. The highest BCUT2D eigenvalue weighted by atomic mass is 15.2. The Morgan fingerprint density at radius 1 is 1.10 bits per heavy atom. The Labute approximate surface area is 124 Å². The van der Waals surface area contributed by atoms with Crippen molar-refractivity contribution >= 4 is 0 Å². The Kier molecular flexibility index (Phi) is 3.38. The van der Waals surface area contributed by atoms with Gasteiger partial charge in [0.1, 0.15) is 0 Å². The minimum atomic E-state index is 0.699. The summed E-state index contributed by atoms with van der Waals surface area (Å²) in [5, 5.41) is 3.43. The molecule has 1 aliphatic heterocycles. The van der Waals surface area contributed by atoms with Crippen LogP contribution in [-0.2, 0) is 0 Å². The SMILES string of the molecule is CNCC1CCCN1C(C)C12CC3CC(CC(C3)C1)C2. The van der Waals surface area contributed by atoms with Gasteiger partial charge in [0.15, 0.2) is 0 Å². The second-order valence-electron chi connectivity index (χ2n) is 8.55. The lowest BCUT2D eigenvalue weighted by Gasteiger charge is -2.60. The molecule has 20 heavy (non-hydrogen) atoms. The van der Waals surface area contributed by atoms with Crippen molar-refractivity contribution in [2.75, 3.05) is 20.1 Å². The number of hydrogen-bond acceptors (Lipinski definition) is 2. The van der Waals surface area contributed by atoms with Crippen LogP contribution in [0.15, 0.2) is 0 Å². The van der Waals surface area contributed by atoms with Crippen molar-refractivity contribution < 1.29 is 0 Å². The first-order valence-corrected chi connectivity index (χ1v) is 9.10. The van der Waals surface area contributed by atoms with Gasteiger partial charge < -0.3 is 5.32 Å². The van der Waals surface area contributed by atoms with Crippen molar-refractivity contribution in [2.45, 2.75) is 70.4 Å². The van der Waals surface area contributed by atoms with Crippen LogP contribution in [0.3, 0.4) is 0 Å². The smallest absolute Gasteiger partial charge is 0.0224 e. The number of nitrogens with zero attached hydrogens (tertiary/aromatic N) is 1. The highest BCUT2D eigenvalue weighted by molar-refractivity contribution is 5.06. The van der Waals surface area contributed by atoms with E-state index in [1.807, 2.05) is 0 Å². The molecule has 5 fully saturated rings. The largest absolute Gasteiger partial charge is 0.318 e. The molecule has 2 nitrogen and oxygen atoms in total. The Morgan fingerprint density at radius 2 is 1.70 bits per heavy atom. The van der Waals surface area contributed by atoms with E-state index in [0.717, 1.165) is 29.8 Å². The van der Waals surface area contributed by atoms with Gasteiger partial charge in [-0.1, -0.05) is 0 Å². The summed E-state index contributed by atoms with van der Waals surface area (Å²) in [6.07, 6.45) is 12.2. The predicted molar refractivity (Wildman–Crippen MR) is 83.7 cm³/mol. The van der Waals surface area contributed by atoms with Crippen LogP contribution in [0.4, 0.5) is 0 Å². The van der Waals surface area contributed by atoms with E-state index in [0.29, 0.717) is 5.41 Å². The molecule has 2 atom stereocenters. The van der Waals surface area contributed by atoms with Gasteiger partial charge in [-0.25, -0.2) is 0 Å². The lowest BCUT2D eigenvalue weighted by Crippen LogP contribution is -2.57. The van der Waals surface area contributed by atoms with Crippen molar-refractivity contribution in [2.24, 2.45) is 23.2 Å². The van der Waals surface area contributed by atoms with Gasteiger partial charge in [0.25, 0.3) is 0 Å². The molecule has 0 spiro atoms. The van der Waals surface area contributed by atoms with Crippen LogP contribution in [0.1, 0.15) is 58.3 Å². The van der Waals surface area contributed by atoms with Gasteiger partial charge in [0.05, 0.1) is 0 Å². The number of hydrogen-bond donors (Lipinski definition) is 1. The highest BCUT2D eigenvalue weighted by Gasteiger charge is 2.54. The van der Waals surface area contributed by atoms with Gasteiger partial charge in [0.2, 0.25) is 0 Å². The Hall–Kier alpha value is -0.0800. The van der Waals surface area contributed by atoms with Crippen LogP contribution < -0.4 is 5.32 Å². The summed E-state index contributed by atoms with van der Waals surface area (Å²) in [5.74, 6) is 3.28. The lowest BCUT2D eigenvalue weighted by molar-refractivity contribution is -0.0986. The molecule has 0 aromatic carbocycles. The highest BCUT2D eigenvalue weighted by Crippen LogP contribution is 2.62. The van der Waals surface area contributed by atoms with E-state index in [1.165, 1.54) is 25.9 Å². The van der Waals surface area contributed by atoms with Crippen molar-refractivity contribution in [3.05, 3.63) is 0 Å². The van der Waals surface area contributed by atoms with Crippen LogP contribution >= 0.6 is 0 Å². The van der Waals surface area contributed by atoms with Crippen molar-refractivity contribution in [3.63, 3.8) is 0 Å². The molecule has 4 saturated carbocycles. The second-order valence-corrected chi connectivity index (χ2v) is 8.55. The standard InChI is InChI=1S/C18H32N2/c1-13(20-5-3-4-17(20)12-19-2)18-9-14-6-15(10-18)8-16(7-14)11-18/h13-17,19H,3-12H2,1-2H3. The molecule has 1 N–H and O–H groups in total. The van der Waals surface area contributed by atoms with E-state index in [2.05, 4.69) is 24.2 Å². The maximum Gasteiger partial charge on any atom is 0.0224 e. The van der Waals surface area contributed by atoms with Crippen molar-refractivity contribution in [1.29, 1.82) is 0 Å². The summed E-state index contributed by atoms with van der Waals surface area (Å²) < 4.78 is 0. The summed E-state index contributed by atoms with van der Waals surface area (Å²) in [4.78, 5) is 2.89. The normalized spacial score (nSPS) is 48.9. The molecule has 4 aliphatic carbocycles. The maximum atomic E-state index is 3.43. The van der Waals surface area contributed by atoms with Gasteiger partial charge in [-0.3, -0.25) is 4.90 Å². The molecule has 1 heterocycles. The van der Waals surface area contributed by atoms with E-state index in [1.54, 1.807) is 38.5 Å². The lowest BCUT2D eigenvalue weighted by atomic mass is 9.47. The number of likely N-dealkylation sites (tertiary alicyclic amines) is 1. The Bertz CT molecular complexity index is 329. The van der Waals surface area contributed by atoms with Crippen LogP contribution in [-0.4, -0.2) is 37.1 Å². The molecule has 2 unspecified atom stereocenters. The molecule has 5 rings (SSSR count). The van der Waals surface area contributed by atoms with Crippen LogP contribution in [0, 0.1) is 23.2 Å². The van der Waals surface area contributed by atoms with E-state index in [4.69, 9.17) is 0 Å². The summed E-state index contributed by atoms with van der Waals surface area (Å²) in [7, 11) is 2.12. The Balaban J connectivity index is 1.54. The molecule has 4 bridgehead atoms. The molecule has 0 aromatic heterocycles. The Morgan fingerprint density at radius 3 is 2.25 bits per heavy atom. The fraction of sp³-hybridized carbons (Fsp3) is 1.00.